The van der Waals surface area contributed by atoms with Crippen LogP contribution in [0, 0.1) is 13.8 Å². The fourth-order valence-corrected chi connectivity index (χ4v) is 1.94. The first-order chi connectivity index (χ1) is 8.01. The molecule has 0 bridgehead atoms. The van der Waals surface area contributed by atoms with E-state index in [1.54, 1.807) is 14.2 Å². The lowest BCUT2D eigenvalue weighted by molar-refractivity contribution is -0.136. The number of carbonyl (C=O) groups is 1. The molecule has 0 aromatic heterocycles. The van der Waals surface area contributed by atoms with Crippen molar-refractivity contribution in [2.45, 2.75) is 26.7 Å². The van der Waals surface area contributed by atoms with E-state index in [0.29, 0.717) is 6.42 Å². The van der Waals surface area contributed by atoms with Crippen LogP contribution in [-0.4, -0.2) is 25.3 Å². The molecule has 0 aliphatic rings. The Bertz CT molecular complexity index is 424. The number of ether oxygens (including phenoxy) is 2. The first-order valence-corrected chi connectivity index (χ1v) is 5.44. The van der Waals surface area contributed by atoms with E-state index in [1.165, 1.54) is 0 Å². The molecule has 0 saturated heterocycles. The first-order valence-electron chi connectivity index (χ1n) is 5.44. The van der Waals surface area contributed by atoms with Crippen LogP contribution in [0.4, 0.5) is 0 Å². The summed E-state index contributed by atoms with van der Waals surface area (Å²) in [5.41, 5.74) is 2.83. The Balaban J connectivity index is 3.19. The Labute approximate surface area is 101 Å². The van der Waals surface area contributed by atoms with Gasteiger partial charge < -0.3 is 14.6 Å². The average molecular weight is 238 g/mol. The molecule has 4 heteroatoms. The summed E-state index contributed by atoms with van der Waals surface area (Å²) >= 11 is 0. The highest BCUT2D eigenvalue weighted by molar-refractivity contribution is 5.67. The number of carboxylic acid groups (broad SMARTS) is 1. The van der Waals surface area contributed by atoms with Gasteiger partial charge in [0.05, 0.1) is 14.2 Å². The van der Waals surface area contributed by atoms with Crippen LogP contribution in [0.5, 0.6) is 11.5 Å². The van der Waals surface area contributed by atoms with Crippen LogP contribution < -0.4 is 9.47 Å². The molecule has 1 aromatic rings. The van der Waals surface area contributed by atoms with Crippen LogP contribution in [0.2, 0.25) is 0 Å². The van der Waals surface area contributed by atoms with Crippen molar-refractivity contribution in [3.63, 3.8) is 0 Å². The van der Waals surface area contributed by atoms with Gasteiger partial charge in [0.25, 0.3) is 0 Å². The van der Waals surface area contributed by atoms with Crippen LogP contribution in [0.3, 0.4) is 0 Å². The Morgan fingerprint density at radius 1 is 1.29 bits per heavy atom. The van der Waals surface area contributed by atoms with Crippen LogP contribution in [0.15, 0.2) is 6.07 Å². The number of rotatable bonds is 5. The highest BCUT2D eigenvalue weighted by Crippen LogP contribution is 2.34. The quantitative estimate of drug-likeness (QED) is 0.855. The van der Waals surface area contributed by atoms with Gasteiger partial charge in [-0.15, -0.1) is 0 Å². The highest BCUT2D eigenvalue weighted by atomic mass is 16.5. The van der Waals surface area contributed by atoms with Gasteiger partial charge in [0.2, 0.25) is 0 Å². The molecule has 17 heavy (non-hydrogen) atoms. The predicted molar refractivity (Wildman–Crippen MR) is 65.0 cm³/mol. The minimum absolute atomic E-state index is 0.100. The molecule has 0 spiro atoms. The van der Waals surface area contributed by atoms with E-state index in [1.807, 2.05) is 19.9 Å². The van der Waals surface area contributed by atoms with Crippen LogP contribution >= 0.6 is 0 Å². The minimum Gasteiger partial charge on any atom is -0.496 e. The number of aryl methyl sites for hydroxylation is 1. The Morgan fingerprint density at radius 3 is 2.41 bits per heavy atom. The molecule has 0 radical (unpaired) electrons. The Morgan fingerprint density at radius 2 is 1.94 bits per heavy atom. The minimum atomic E-state index is -0.806. The van der Waals surface area contributed by atoms with Gasteiger partial charge in [-0.1, -0.05) is 0 Å². The fourth-order valence-electron chi connectivity index (χ4n) is 1.94. The summed E-state index contributed by atoms with van der Waals surface area (Å²) < 4.78 is 10.6. The van der Waals surface area contributed by atoms with Crippen molar-refractivity contribution in [2.24, 2.45) is 0 Å². The fraction of sp³-hybridized carbons (Fsp3) is 0.462. The summed E-state index contributed by atoms with van der Waals surface area (Å²) in [6, 6.07) is 1.91. The zero-order chi connectivity index (χ0) is 13.0. The third-order valence-electron chi connectivity index (χ3n) is 2.82. The maximum absolute atomic E-state index is 10.6. The molecule has 0 fully saturated rings. The van der Waals surface area contributed by atoms with Crippen molar-refractivity contribution in [3.05, 3.63) is 22.8 Å². The van der Waals surface area contributed by atoms with E-state index in [-0.39, 0.29) is 6.42 Å². The summed E-state index contributed by atoms with van der Waals surface area (Å²) in [7, 11) is 3.20. The molecule has 0 atom stereocenters. The lowest BCUT2D eigenvalue weighted by Gasteiger charge is -2.16. The van der Waals surface area contributed by atoms with Crippen molar-refractivity contribution in [2.75, 3.05) is 14.2 Å². The Kier molecular flexibility index (Phi) is 4.37. The van der Waals surface area contributed by atoms with Crippen molar-refractivity contribution >= 4 is 5.97 Å². The topological polar surface area (TPSA) is 55.8 Å². The number of methoxy groups -OCH3 is 2. The second-order valence-electron chi connectivity index (χ2n) is 3.93. The summed E-state index contributed by atoms with van der Waals surface area (Å²) in [5.74, 6) is 0.682. The molecule has 0 aliphatic heterocycles. The summed E-state index contributed by atoms with van der Waals surface area (Å²) in [4.78, 5) is 10.6. The highest BCUT2D eigenvalue weighted by Gasteiger charge is 2.15. The van der Waals surface area contributed by atoms with E-state index in [9.17, 15) is 4.79 Å². The van der Waals surface area contributed by atoms with Gasteiger partial charge in [-0.25, -0.2) is 0 Å². The van der Waals surface area contributed by atoms with E-state index < -0.39 is 5.97 Å². The maximum Gasteiger partial charge on any atom is 0.303 e. The smallest absolute Gasteiger partial charge is 0.303 e. The molecule has 4 nitrogen and oxygen atoms in total. The van der Waals surface area contributed by atoms with Gasteiger partial charge >= 0.3 is 5.97 Å². The van der Waals surface area contributed by atoms with Crippen molar-refractivity contribution in [3.8, 4) is 11.5 Å². The standard InChI is InChI=1S/C13H18O4/c1-8-7-11(16-3)9(2)13(17-4)10(8)5-6-12(14)15/h7H,5-6H2,1-4H3,(H,14,15). The maximum atomic E-state index is 10.6. The largest absolute Gasteiger partial charge is 0.496 e. The average Bonchev–Trinajstić information content (AvgIpc) is 2.29. The third-order valence-corrected chi connectivity index (χ3v) is 2.82. The lowest BCUT2D eigenvalue weighted by Crippen LogP contribution is -2.04. The monoisotopic (exact) mass is 238 g/mol. The normalized spacial score (nSPS) is 10.1. The van der Waals surface area contributed by atoms with Gasteiger partial charge in [0.1, 0.15) is 11.5 Å². The SMILES string of the molecule is COc1cc(C)c(CCC(=O)O)c(OC)c1C. The zero-order valence-corrected chi connectivity index (χ0v) is 10.7. The van der Waals surface area contributed by atoms with Crippen molar-refractivity contribution < 1.29 is 19.4 Å². The van der Waals surface area contributed by atoms with E-state index in [2.05, 4.69) is 0 Å². The molecule has 1 N–H and O–H groups in total. The number of hydrogen-bond acceptors (Lipinski definition) is 3. The molecule has 1 rings (SSSR count). The van der Waals surface area contributed by atoms with E-state index in [0.717, 1.165) is 28.2 Å². The van der Waals surface area contributed by atoms with Crippen molar-refractivity contribution in [1.82, 2.24) is 0 Å². The number of carboxylic acids is 1. The first kappa shape index (κ1) is 13.4. The van der Waals surface area contributed by atoms with Gasteiger partial charge in [0, 0.05) is 12.0 Å². The van der Waals surface area contributed by atoms with Crippen LogP contribution in [0.1, 0.15) is 23.1 Å². The lowest BCUT2D eigenvalue weighted by atomic mass is 9.98. The van der Waals surface area contributed by atoms with Gasteiger partial charge in [-0.2, -0.15) is 0 Å². The number of benzene rings is 1. The molecular weight excluding hydrogens is 220 g/mol. The van der Waals surface area contributed by atoms with Gasteiger partial charge in [-0.05, 0) is 37.5 Å². The molecule has 1 aromatic carbocycles. The van der Waals surface area contributed by atoms with Crippen molar-refractivity contribution in [1.29, 1.82) is 0 Å². The second-order valence-corrected chi connectivity index (χ2v) is 3.93. The van der Waals surface area contributed by atoms with E-state index >= 15 is 0 Å². The molecular formula is C13H18O4. The second kappa shape index (κ2) is 5.57. The van der Waals surface area contributed by atoms with Crippen LogP contribution in [0.25, 0.3) is 0 Å². The Hall–Kier alpha value is -1.71. The van der Waals surface area contributed by atoms with Crippen LogP contribution in [-0.2, 0) is 11.2 Å². The molecule has 0 amide bonds. The van der Waals surface area contributed by atoms with Gasteiger partial charge in [-0.3, -0.25) is 4.79 Å². The van der Waals surface area contributed by atoms with E-state index in [4.69, 9.17) is 14.6 Å². The predicted octanol–water partition coefficient (Wildman–Crippen LogP) is 2.34. The molecule has 0 unspecified atom stereocenters. The molecule has 0 aliphatic carbocycles. The molecule has 94 valence electrons. The molecule has 0 heterocycles. The number of hydrogen-bond donors (Lipinski definition) is 1. The van der Waals surface area contributed by atoms with Gasteiger partial charge in [0.15, 0.2) is 0 Å². The third kappa shape index (κ3) is 2.90. The number of aliphatic carboxylic acids is 1. The summed E-state index contributed by atoms with van der Waals surface area (Å²) in [6.45, 7) is 3.84. The zero-order valence-electron chi connectivity index (χ0n) is 10.7. The summed E-state index contributed by atoms with van der Waals surface area (Å²) in [5, 5.41) is 8.73. The molecule has 0 saturated carbocycles. The summed E-state index contributed by atoms with van der Waals surface area (Å²) in [6.07, 6.45) is 0.568.